The average molecular weight is 716 g/mol. The minimum absolute atomic E-state index is 0.0481. The molecule has 300 valence electrons. The molecule has 0 saturated carbocycles. The Bertz CT molecular complexity index is 650. The molecule has 0 amide bonds. The van der Waals surface area contributed by atoms with E-state index in [4.69, 9.17) is 18.9 Å². The van der Waals surface area contributed by atoms with E-state index in [1.165, 1.54) is 89.9 Å². The van der Waals surface area contributed by atoms with Gasteiger partial charge in [-0.25, -0.2) is 0 Å². The van der Waals surface area contributed by atoms with Crippen molar-refractivity contribution in [1.29, 1.82) is 0 Å². The Kier molecular flexibility index (Phi) is 40.4. The summed E-state index contributed by atoms with van der Waals surface area (Å²) >= 11 is 0. The van der Waals surface area contributed by atoms with Gasteiger partial charge in [-0.1, -0.05) is 136 Å². The summed E-state index contributed by atoms with van der Waals surface area (Å²) in [6, 6.07) is 0. The van der Waals surface area contributed by atoms with Gasteiger partial charge in [0.25, 0.3) is 0 Å². The third-order valence-electron chi connectivity index (χ3n) is 9.47. The van der Waals surface area contributed by atoms with Gasteiger partial charge >= 0.3 is 5.97 Å². The second kappa shape index (κ2) is 41.0. The lowest BCUT2D eigenvalue weighted by Gasteiger charge is -2.22. The second-order valence-corrected chi connectivity index (χ2v) is 14.4. The first kappa shape index (κ1) is 49.2. The van der Waals surface area contributed by atoms with Crippen molar-refractivity contribution in [3.63, 3.8) is 0 Å². The minimum atomic E-state index is -0.771. The molecule has 1 unspecified atom stereocenters. The van der Waals surface area contributed by atoms with Gasteiger partial charge in [-0.3, -0.25) is 4.79 Å². The van der Waals surface area contributed by atoms with Crippen LogP contribution in [0.4, 0.5) is 0 Å². The lowest BCUT2D eigenvalue weighted by atomic mass is 10.1. The molecule has 0 fully saturated rings. The number of aliphatic hydroxyl groups is 2. The zero-order valence-corrected chi connectivity index (χ0v) is 33.5. The molecular formula is C42H85NO7. The van der Waals surface area contributed by atoms with Crippen LogP contribution in [0, 0.1) is 0 Å². The van der Waals surface area contributed by atoms with Crippen LogP contribution < -0.4 is 0 Å². The van der Waals surface area contributed by atoms with Crippen molar-refractivity contribution < 1.29 is 34.0 Å². The largest absolute Gasteiger partial charge is 0.466 e. The molecule has 2 N–H and O–H groups in total. The van der Waals surface area contributed by atoms with Gasteiger partial charge in [-0.2, -0.15) is 0 Å². The molecule has 1 atom stereocenters. The van der Waals surface area contributed by atoms with E-state index in [-0.39, 0.29) is 18.9 Å². The molecule has 0 saturated heterocycles. The smallest absolute Gasteiger partial charge is 0.305 e. The Morgan fingerprint density at radius 3 is 1.50 bits per heavy atom. The van der Waals surface area contributed by atoms with E-state index in [9.17, 15) is 15.0 Å². The van der Waals surface area contributed by atoms with Crippen molar-refractivity contribution in [2.45, 2.75) is 213 Å². The van der Waals surface area contributed by atoms with E-state index < -0.39 is 6.29 Å². The number of hydrogen-bond acceptors (Lipinski definition) is 8. The van der Waals surface area contributed by atoms with E-state index in [1.54, 1.807) is 0 Å². The Hall–Kier alpha value is -0.770. The standard InChI is InChI=1S/C42H85NO7/c1-4-7-10-13-19-26-36-47-40(45)29-22-17-16-18-24-32-43(34-35-44)33-25-23-30-41(46)48-39-31-42(49-37-27-20-14-11-8-5-2)50-38-28-21-15-12-9-6-3/h41-42,44,46H,4-39H2,1-3H3. The maximum absolute atomic E-state index is 11.9. The molecule has 8 nitrogen and oxygen atoms in total. The van der Waals surface area contributed by atoms with E-state index >= 15 is 0 Å². The number of carbonyl (C=O) groups is 1. The van der Waals surface area contributed by atoms with Gasteiger partial charge in [0, 0.05) is 32.6 Å². The van der Waals surface area contributed by atoms with Crippen molar-refractivity contribution in [2.24, 2.45) is 0 Å². The normalized spacial score (nSPS) is 12.4. The van der Waals surface area contributed by atoms with E-state index in [0.29, 0.717) is 39.0 Å². The van der Waals surface area contributed by atoms with Crippen LogP contribution in [0.25, 0.3) is 0 Å². The average Bonchev–Trinajstić information content (AvgIpc) is 3.11. The van der Waals surface area contributed by atoms with Crippen molar-refractivity contribution in [3.05, 3.63) is 0 Å². The topological polar surface area (TPSA) is 97.7 Å². The number of carbonyl (C=O) groups excluding carboxylic acids is 1. The van der Waals surface area contributed by atoms with Crippen LogP contribution in [0.3, 0.4) is 0 Å². The van der Waals surface area contributed by atoms with Crippen molar-refractivity contribution in [3.8, 4) is 0 Å². The molecule has 0 bridgehead atoms. The predicted molar refractivity (Wildman–Crippen MR) is 208 cm³/mol. The summed E-state index contributed by atoms with van der Waals surface area (Å²) in [4.78, 5) is 14.3. The van der Waals surface area contributed by atoms with Gasteiger partial charge in [0.15, 0.2) is 12.6 Å². The molecule has 0 aromatic rings. The lowest BCUT2D eigenvalue weighted by molar-refractivity contribution is -0.169. The summed E-state index contributed by atoms with van der Waals surface area (Å²) in [5, 5.41) is 20.0. The Morgan fingerprint density at radius 2 is 0.960 bits per heavy atom. The summed E-state index contributed by atoms with van der Waals surface area (Å²) in [6.07, 6.45) is 30.0. The quantitative estimate of drug-likeness (QED) is 0.0366. The van der Waals surface area contributed by atoms with Crippen molar-refractivity contribution in [2.75, 3.05) is 52.7 Å². The highest BCUT2D eigenvalue weighted by Crippen LogP contribution is 2.13. The highest BCUT2D eigenvalue weighted by Gasteiger charge is 2.13. The van der Waals surface area contributed by atoms with Gasteiger partial charge < -0.3 is 34.1 Å². The van der Waals surface area contributed by atoms with Gasteiger partial charge in [-0.15, -0.1) is 0 Å². The fraction of sp³-hybridized carbons (Fsp3) is 0.976. The third-order valence-corrected chi connectivity index (χ3v) is 9.47. The van der Waals surface area contributed by atoms with E-state index in [1.807, 2.05) is 0 Å². The SMILES string of the molecule is CCCCCCCCOC(=O)CCCCCCCN(CCO)CCCCC(O)OCCC(OCCCCCCCC)OCCCCCCCC. The molecule has 8 heteroatoms. The molecule has 0 radical (unpaired) electrons. The zero-order valence-electron chi connectivity index (χ0n) is 33.5. The molecule has 0 aliphatic heterocycles. The second-order valence-electron chi connectivity index (χ2n) is 14.4. The van der Waals surface area contributed by atoms with Crippen LogP contribution in [-0.4, -0.2) is 86.3 Å². The first-order chi connectivity index (χ1) is 24.6. The molecule has 50 heavy (non-hydrogen) atoms. The summed E-state index contributed by atoms with van der Waals surface area (Å²) in [7, 11) is 0. The van der Waals surface area contributed by atoms with Crippen LogP contribution in [0.2, 0.25) is 0 Å². The maximum atomic E-state index is 11.9. The van der Waals surface area contributed by atoms with Crippen LogP contribution in [-0.2, 0) is 23.7 Å². The van der Waals surface area contributed by atoms with E-state index in [0.717, 1.165) is 96.9 Å². The first-order valence-electron chi connectivity index (χ1n) is 21.6. The van der Waals surface area contributed by atoms with Crippen molar-refractivity contribution in [1.82, 2.24) is 4.90 Å². The number of ether oxygens (including phenoxy) is 4. The molecule has 0 aliphatic rings. The fourth-order valence-electron chi connectivity index (χ4n) is 6.20. The summed E-state index contributed by atoms with van der Waals surface area (Å²) in [5.74, 6) is -0.0481. The number of rotatable bonds is 42. The third kappa shape index (κ3) is 37.0. The Balaban J connectivity index is 4.04. The maximum Gasteiger partial charge on any atom is 0.305 e. The molecule has 0 heterocycles. The van der Waals surface area contributed by atoms with Crippen LogP contribution in [0.1, 0.15) is 201 Å². The highest BCUT2D eigenvalue weighted by atomic mass is 16.7. The fourth-order valence-corrected chi connectivity index (χ4v) is 6.20. The van der Waals surface area contributed by atoms with Gasteiger partial charge in [0.1, 0.15) is 0 Å². The molecular weight excluding hydrogens is 630 g/mol. The molecule has 0 rings (SSSR count). The molecule has 0 aromatic heterocycles. The number of hydrogen-bond donors (Lipinski definition) is 2. The van der Waals surface area contributed by atoms with Crippen LogP contribution >= 0.6 is 0 Å². The number of unbranched alkanes of at least 4 members (excludes halogenated alkanes) is 20. The van der Waals surface area contributed by atoms with Crippen molar-refractivity contribution >= 4 is 5.97 Å². The monoisotopic (exact) mass is 716 g/mol. The first-order valence-corrected chi connectivity index (χ1v) is 21.6. The van der Waals surface area contributed by atoms with Gasteiger partial charge in [0.05, 0.1) is 19.8 Å². The Morgan fingerprint density at radius 1 is 0.500 bits per heavy atom. The number of nitrogens with zero attached hydrogens (tertiary/aromatic N) is 1. The summed E-state index contributed by atoms with van der Waals surface area (Å²) in [6.45, 7) is 11.9. The van der Waals surface area contributed by atoms with E-state index in [2.05, 4.69) is 25.7 Å². The molecule has 0 aromatic carbocycles. The van der Waals surface area contributed by atoms with Gasteiger partial charge in [-0.05, 0) is 64.5 Å². The van der Waals surface area contributed by atoms with Gasteiger partial charge in [0.2, 0.25) is 0 Å². The Labute approximate surface area is 310 Å². The molecule has 0 aliphatic carbocycles. The lowest BCUT2D eigenvalue weighted by Crippen LogP contribution is -2.29. The molecule has 0 spiro atoms. The summed E-state index contributed by atoms with van der Waals surface area (Å²) in [5.41, 5.74) is 0. The minimum Gasteiger partial charge on any atom is -0.466 e. The van der Waals surface area contributed by atoms with Crippen LogP contribution in [0.5, 0.6) is 0 Å². The zero-order chi connectivity index (χ0) is 36.6. The number of esters is 1. The number of aliphatic hydroxyl groups excluding tert-OH is 2. The predicted octanol–water partition coefficient (Wildman–Crippen LogP) is 10.5. The summed E-state index contributed by atoms with van der Waals surface area (Å²) < 4.78 is 23.3. The highest BCUT2D eigenvalue weighted by molar-refractivity contribution is 5.69. The van der Waals surface area contributed by atoms with Crippen LogP contribution in [0.15, 0.2) is 0 Å².